The second kappa shape index (κ2) is 8.03. The number of fused-ring (bicyclic) bond motifs is 1. The van der Waals surface area contributed by atoms with Crippen molar-refractivity contribution < 1.29 is 9.53 Å². The molecule has 4 heterocycles. The summed E-state index contributed by atoms with van der Waals surface area (Å²) in [7, 11) is 0. The number of aromatic nitrogens is 2. The van der Waals surface area contributed by atoms with Crippen molar-refractivity contribution in [1.29, 1.82) is 0 Å². The van der Waals surface area contributed by atoms with E-state index in [-0.39, 0.29) is 11.3 Å². The number of rotatable bonds is 2. The third kappa shape index (κ3) is 3.75. The molecule has 0 saturated carbocycles. The molecule has 2 fully saturated rings. The summed E-state index contributed by atoms with van der Waals surface area (Å²) in [6.45, 7) is 4.62. The smallest absolute Gasteiger partial charge is 0.253 e. The van der Waals surface area contributed by atoms with Gasteiger partial charge in [-0.15, -0.1) is 0 Å². The van der Waals surface area contributed by atoms with Gasteiger partial charge < -0.3 is 14.5 Å². The van der Waals surface area contributed by atoms with Gasteiger partial charge in [0.15, 0.2) is 0 Å². The molecule has 6 heteroatoms. The molecule has 2 aliphatic heterocycles. The minimum Gasteiger partial charge on any atom is -0.379 e. The fraction of sp³-hybridized carbons (Fsp3) is 0.375. The molecule has 3 aromatic rings. The highest BCUT2D eigenvalue weighted by molar-refractivity contribution is 5.98. The zero-order valence-electron chi connectivity index (χ0n) is 17.0. The Morgan fingerprint density at radius 2 is 2.00 bits per heavy atom. The van der Waals surface area contributed by atoms with E-state index in [1.807, 2.05) is 47.5 Å². The molecule has 1 atom stereocenters. The first-order chi connectivity index (χ1) is 14.7. The Morgan fingerprint density at radius 1 is 1.07 bits per heavy atom. The van der Waals surface area contributed by atoms with Crippen LogP contribution in [0.2, 0.25) is 0 Å². The highest BCUT2D eigenvalue weighted by Crippen LogP contribution is 2.35. The van der Waals surface area contributed by atoms with Crippen LogP contribution < -0.4 is 4.90 Å². The van der Waals surface area contributed by atoms with Crippen molar-refractivity contribution in [2.75, 3.05) is 44.3 Å². The van der Waals surface area contributed by atoms with E-state index < -0.39 is 0 Å². The number of amides is 1. The van der Waals surface area contributed by atoms with Crippen LogP contribution in [0.3, 0.4) is 0 Å². The van der Waals surface area contributed by atoms with Crippen LogP contribution in [0.15, 0.2) is 61.1 Å². The Morgan fingerprint density at radius 3 is 2.90 bits per heavy atom. The van der Waals surface area contributed by atoms with Gasteiger partial charge in [0.05, 0.1) is 30.6 Å². The first-order valence-corrected chi connectivity index (χ1v) is 10.6. The van der Waals surface area contributed by atoms with Crippen molar-refractivity contribution in [2.24, 2.45) is 5.41 Å². The SMILES string of the molecule is O=C(c1ccc2ncccc2c1)N1CCC[C@@]2(COCCN(c3cccnc3)C2)C1. The standard InChI is InChI=1S/C24H26N4O2/c29-23(20-6-7-22-19(14-20)4-1-10-26-22)28-11-3-8-24(17-28)16-27(12-13-30-18-24)21-5-2-9-25-15-21/h1-2,4-7,9-10,14-15H,3,8,11-13,16-18H2/t24-/m0/s1. The molecule has 0 aliphatic carbocycles. The van der Waals surface area contributed by atoms with E-state index in [9.17, 15) is 4.79 Å². The van der Waals surface area contributed by atoms with Crippen molar-refractivity contribution in [3.8, 4) is 0 Å². The predicted molar refractivity (Wildman–Crippen MR) is 117 cm³/mol. The van der Waals surface area contributed by atoms with Crippen LogP contribution in [-0.2, 0) is 4.74 Å². The van der Waals surface area contributed by atoms with Gasteiger partial charge in [0.25, 0.3) is 5.91 Å². The van der Waals surface area contributed by atoms with Gasteiger partial charge in [0.2, 0.25) is 0 Å². The number of carbonyl (C=O) groups is 1. The Bertz CT molecular complexity index is 1040. The third-order valence-corrected chi connectivity index (χ3v) is 6.25. The number of benzene rings is 1. The molecule has 154 valence electrons. The molecule has 1 amide bonds. The van der Waals surface area contributed by atoms with E-state index in [0.717, 1.165) is 54.6 Å². The second-order valence-electron chi connectivity index (χ2n) is 8.43. The largest absolute Gasteiger partial charge is 0.379 e. The molecule has 0 unspecified atom stereocenters. The minimum atomic E-state index is -0.0569. The Kier molecular flexibility index (Phi) is 5.09. The summed E-state index contributed by atoms with van der Waals surface area (Å²) in [4.78, 5) is 26.4. The van der Waals surface area contributed by atoms with Crippen LogP contribution >= 0.6 is 0 Å². The molecule has 30 heavy (non-hydrogen) atoms. The number of hydrogen-bond acceptors (Lipinski definition) is 5. The van der Waals surface area contributed by atoms with E-state index in [4.69, 9.17) is 4.74 Å². The van der Waals surface area contributed by atoms with Crippen LogP contribution in [-0.4, -0.2) is 60.2 Å². The fourth-order valence-corrected chi connectivity index (χ4v) is 4.77. The number of ether oxygens (including phenoxy) is 1. The first kappa shape index (κ1) is 19.0. The van der Waals surface area contributed by atoms with Gasteiger partial charge in [-0.3, -0.25) is 14.8 Å². The van der Waals surface area contributed by atoms with Crippen molar-refractivity contribution >= 4 is 22.5 Å². The normalized spacial score (nSPS) is 22.3. The van der Waals surface area contributed by atoms with E-state index >= 15 is 0 Å². The number of piperidine rings is 1. The summed E-state index contributed by atoms with van der Waals surface area (Å²) in [6.07, 6.45) is 7.54. The van der Waals surface area contributed by atoms with Crippen LogP contribution in [0.5, 0.6) is 0 Å². The quantitative estimate of drug-likeness (QED) is 0.658. The number of pyridine rings is 2. The zero-order valence-corrected chi connectivity index (χ0v) is 17.0. The molecule has 6 nitrogen and oxygen atoms in total. The van der Waals surface area contributed by atoms with Crippen LogP contribution in [0.1, 0.15) is 23.2 Å². The summed E-state index contributed by atoms with van der Waals surface area (Å²) in [5.74, 6) is 0.0944. The van der Waals surface area contributed by atoms with Crippen molar-refractivity contribution in [3.63, 3.8) is 0 Å². The third-order valence-electron chi connectivity index (χ3n) is 6.25. The lowest BCUT2D eigenvalue weighted by atomic mass is 9.79. The van der Waals surface area contributed by atoms with Gasteiger partial charge in [-0.05, 0) is 49.2 Å². The number of anilines is 1. The van der Waals surface area contributed by atoms with Gasteiger partial charge in [-0.2, -0.15) is 0 Å². The zero-order chi connectivity index (χ0) is 20.4. The molecule has 5 rings (SSSR count). The number of likely N-dealkylation sites (tertiary alicyclic amines) is 1. The van der Waals surface area contributed by atoms with Crippen molar-refractivity contribution in [3.05, 3.63) is 66.6 Å². The molecular weight excluding hydrogens is 376 g/mol. The summed E-state index contributed by atoms with van der Waals surface area (Å²) in [5.41, 5.74) is 2.70. The van der Waals surface area contributed by atoms with Crippen molar-refractivity contribution in [1.82, 2.24) is 14.9 Å². The average Bonchev–Trinajstić information content (AvgIpc) is 3.01. The summed E-state index contributed by atoms with van der Waals surface area (Å²) < 4.78 is 6.02. The second-order valence-corrected chi connectivity index (χ2v) is 8.43. The van der Waals surface area contributed by atoms with Crippen LogP contribution in [0, 0.1) is 5.41 Å². The maximum Gasteiger partial charge on any atom is 0.253 e. The maximum atomic E-state index is 13.3. The molecule has 2 saturated heterocycles. The number of nitrogens with zero attached hydrogens (tertiary/aromatic N) is 4. The van der Waals surface area contributed by atoms with Crippen LogP contribution in [0.25, 0.3) is 10.9 Å². The lowest BCUT2D eigenvalue weighted by molar-refractivity contribution is 0.0135. The molecule has 2 aromatic heterocycles. The average molecular weight is 402 g/mol. The fourth-order valence-electron chi connectivity index (χ4n) is 4.77. The molecule has 1 spiro atoms. The lowest BCUT2D eigenvalue weighted by Crippen LogP contribution is -2.52. The van der Waals surface area contributed by atoms with E-state index in [0.29, 0.717) is 19.8 Å². The molecule has 0 bridgehead atoms. The summed E-state index contributed by atoms with van der Waals surface area (Å²) in [6, 6.07) is 13.8. The summed E-state index contributed by atoms with van der Waals surface area (Å²) in [5, 5.41) is 0.996. The first-order valence-electron chi connectivity index (χ1n) is 10.6. The van der Waals surface area contributed by atoms with Crippen molar-refractivity contribution in [2.45, 2.75) is 12.8 Å². The van der Waals surface area contributed by atoms with E-state index in [1.54, 1.807) is 12.4 Å². The molecule has 0 radical (unpaired) electrons. The molecule has 1 aromatic carbocycles. The monoisotopic (exact) mass is 402 g/mol. The van der Waals surface area contributed by atoms with Gasteiger partial charge in [-0.25, -0.2) is 0 Å². The topological polar surface area (TPSA) is 58.6 Å². The minimum absolute atomic E-state index is 0.0569. The summed E-state index contributed by atoms with van der Waals surface area (Å²) >= 11 is 0. The number of hydrogen-bond donors (Lipinski definition) is 0. The van der Waals surface area contributed by atoms with E-state index in [2.05, 4.69) is 20.9 Å². The lowest BCUT2D eigenvalue weighted by Gasteiger charge is -2.44. The van der Waals surface area contributed by atoms with Crippen LogP contribution in [0.4, 0.5) is 5.69 Å². The van der Waals surface area contributed by atoms with Gasteiger partial charge >= 0.3 is 0 Å². The molecule has 2 aliphatic rings. The highest BCUT2D eigenvalue weighted by Gasteiger charge is 2.40. The maximum absolute atomic E-state index is 13.3. The van der Waals surface area contributed by atoms with Gasteiger partial charge in [0.1, 0.15) is 0 Å². The molecular formula is C24H26N4O2. The Hall–Kier alpha value is -2.99. The van der Waals surface area contributed by atoms with Gasteiger partial charge in [0, 0.05) is 54.9 Å². The highest BCUT2D eigenvalue weighted by atomic mass is 16.5. The number of carbonyl (C=O) groups excluding carboxylic acids is 1. The Balaban J connectivity index is 1.38. The van der Waals surface area contributed by atoms with E-state index in [1.165, 1.54) is 0 Å². The van der Waals surface area contributed by atoms with Gasteiger partial charge in [-0.1, -0.05) is 6.07 Å². The molecule has 0 N–H and O–H groups in total. The Labute approximate surface area is 176 Å². The predicted octanol–water partition coefficient (Wildman–Crippen LogP) is 3.39.